The number of fused-ring (bicyclic) bond motifs is 1. The van der Waals surface area contributed by atoms with Gasteiger partial charge in [-0.15, -0.1) is 0 Å². The second-order valence-corrected chi connectivity index (χ2v) is 8.49. The van der Waals surface area contributed by atoms with Gasteiger partial charge in [-0.3, -0.25) is 24.5 Å². The van der Waals surface area contributed by atoms with Gasteiger partial charge in [-0.25, -0.2) is 0 Å². The molecule has 4 amide bonds. The summed E-state index contributed by atoms with van der Waals surface area (Å²) < 4.78 is 29.4. The first-order valence-corrected chi connectivity index (χ1v) is 10.6. The van der Waals surface area contributed by atoms with Crippen molar-refractivity contribution in [1.29, 1.82) is 0 Å². The SMILES string of the molecule is [B]C(c1ccc2c(c1)CN(C1CCC(=O)NC1=O)C2=O)N([B])C(=O)C(F)(F)c1ccc(Cl)cc1. The number of alkyl halides is 2. The molecule has 7 nitrogen and oxygen atoms in total. The second kappa shape index (κ2) is 8.87. The summed E-state index contributed by atoms with van der Waals surface area (Å²) in [6.07, 6.45) is 0.306. The number of imide groups is 1. The van der Waals surface area contributed by atoms with E-state index in [-0.39, 0.29) is 34.8 Å². The number of hydrogen-bond donors (Lipinski definition) is 1. The Labute approximate surface area is 201 Å². The number of hydrogen-bond acceptors (Lipinski definition) is 4. The van der Waals surface area contributed by atoms with E-state index in [4.69, 9.17) is 27.4 Å². The summed E-state index contributed by atoms with van der Waals surface area (Å²) in [5, 5.41) is 2.44. The summed E-state index contributed by atoms with van der Waals surface area (Å²) in [5.74, 6) is -8.47. The average molecular weight is 481 g/mol. The monoisotopic (exact) mass is 481 g/mol. The lowest BCUT2D eigenvalue weighted by Crippen LogP contribution is -2.52. The van der Waals surface area contributed by atoms with Crippen molar-refractivity contribution in [2.75, 3.05) is 0 Å². The van der Waals surface area contributed by atoms with Crippen LogP contribution in [0.5, 0.6) is 0 Å². The number of nitrogens with zero attached hydrogens (tertiary/aromatic N) is 2. The molecule has 1 N–H and O–H groups in total. The molecule has 2 unspecified atom stereocenters. The number of piperidine rings is 1. The van der Waals surface area contributed by atoms with Crippen LogP contribution in [-0.4, -0.2) is 55.2 Å². The van der Waals surface area contributed by atoms with E-state index in [1.165, 1.54) is 35.2 Å². The molecule has 1 fully saturated rings. The van der Waals surface area contributed by atoms with E-state index >= 15 is 0 Å². The van der Waals surface area contributed by atoms with E-state index in [1.54, 1.807) is 0 Å². The van der Waals surface area contributed by atoms with Crippen LogP contribution in [0.2, 0.25) is 5.02 Å². The summed E-state index contributed by atoms with van der Waals surface area (Å²) in [7, 11) is 11.7. The molecule has 0 bridgehead atoms. The second-order valence-electron chi connectivity index (χ2n) is 8.06. The predicted molar refractivity (Wildman–Crippen MR) is 119 cm³/mol. The lowest BCUT2D eigenvalue weighted by atomic mass is 9.83. The van der Waals surface area contributed by atoms with E-state index in [1.807, 2.05) is 0 Å². The fourth-order valence-electron chi connectivity index (χ4n) is 4.01. The standard InChI is InChI=1S/C22H16B2ClF2N3O4/c23-18(30(24)21(34)22(26,27)13-2-4-14(25)5-3-13)11-1-6-15-12(9-11)10-29(20(15)33)16-7-8-17(31)28-19(16)32/h1-6,9,16,18H,7-8,10H2,(H,28,31,32). The predicted octanol–water partition coefficient (Wildman–Crippen LogP) is 1.97. The van der Waals surface area contributed by atoms with E-state index in [9.17, 15) is 28.0 Å². The van der Waals surface area contributed by atoms with E-state index < -0.39 is 47.1 Å². The Morgan fingerprint density at radius 1 is 1.18 bits per heavy atom. The Kier molecular flexibility index (Phi) is 6.24. The number of carbonyl (C=O) groups excluding carboxylic acids is 4. The summed E-state index contributed by atoms with van der Waals surface area (Å²) in [5.41, 5.74) is 0.429. The molecule has 0 aliphatic carbocycles. The third-order valence-corrected chi connectivity index (χ3v) is 6.15. The maximum Gasteiger partial charge on any atom is 0.348 e. The van der Waals surface area contributed by atoms with Crippen LogP contribution in [0.25, 0.3) is 0 Å². The third-order valence-electron chi connectivity index (χ3n) is 5.90. The largest absolute Gasteiger partial charge is 0.393 e. The normalized spacial score (nSPS) is 19.0. The molecule has 170 valence electrons. The summed E-state index contributed by atoms with van der Waals surface area (Å²) >= 11 is 5.72. The maximum atomic E-state index is 14.7. The van der Waals surface area contributed by atoms with Gasteiger partial charge in [0.05, 0.1) is 0 Å². The molecule has 12 heteroatoms. The fraction of sp³-hybridized carbons (Fsp3) is 0.273. The first kappa shape index (κ1) is 23.9. The lowest BCUT2D eigenvalue weighted by molar-refractivity contribution is -0.154. The zero-order valence-electron chi connectivity index (χ0n) is 17.6. The average Bonchev–Trinajstić information content (AvgIpc) is 3.13. The van der Waals surface area contributed by atoms with Crippen LogP contribution < -0.4 is 5.32 Å². The number of amides is 4. The molecule has 0 saturated carbocycles. The molecule has 2 aromatic carbocycles. The number of carbonyl (C=O) groups is 4. The van der Waals surface area contributed by atoms with Gasteiger partial charge in [0.1, 0.15) is 13.9 Å². The molecule has 1 saturated heterocycles. The van der Waals surface area contributed by atoms with Gasteiger partial charge in [-0.2, -0.15) is 8.78 Å². The van der Waals surface area contributed by atoms with Crippen LogP contribution >= 0.6 is 11.6 Å². The van der Waals surface area contributed by atoms with Crippen LogP contribution in [0.15, 0.2) is 42.5 Å². The van der Waals surface area contributed by atoms with Crippen LogP contribution in [0, 0.1) is 0 Å². The van der Waals surface area contributed by atoms with Crippen LogP contribution in [0.4, 0.5) is 8.78 Å². The Morgan fingerprint density at radius 3 is 2.50 bits per heavy atom. The summed E-state index contributed by atoms with van der Waals surface area (Å²) in [6.45, 7) is 0.0560. The molecule has 2 aliphatic rings. The Morgan fingerprint density at radius 2 is 1.85 bits per heavy atom. The molecule has 0 aromatic heterocycles. The highest BCUT2D eigenvalue weighted by Crippen LogP contribution is 2.34. The van der Waals surface area contributed by atoms with Gasteiger partial charge in [-0.1, -0.05) is 35.9 Å². The quantitative estimate of drug-likeness (QED) is 0.523. The van der Waals surface area contributed by atoms with Gasteiger partial charge >= 0.3 is 5.92 Å². The molecule has 2 atom stereocenters. The zero-order valence-corrected chi connectivity index (χ0v) is 18.4. The van der Waals surface area contributed by atoms with Crippen LogP contribution in [0.1, 0.15) is 45.8 Å². The number of benzene rings is 2. The molecular weight excluding hydrogens is 465 g/mol. The van der Waals surface area contributed by atoms with E-state index in [0.717, 1.165) is 12.1 Å². The molecular formula is C22H16B2ClF2N3O4. The molecule has 34 heavy (non-hydrogen) atoms. The van der Waals surface area contributed by atoms with Crippen molar-refractivity contribution in [2.45, 2.75) is 37.3 Å². The van der Waals surface area contributed by atoms with Crippen molar-refractivity contribution in [3.8, 4) is 0 Å². The number of rotatable bonds is 5. The Hall–Kier alpha value is -3.20. The van der Waals surface area contributed by atoms with Gasteiger partial charge in [0.25, 0.3) is 11.8 Å². The van der Waals surface area contributed by atoms with Gasteiger partial charge in [-0.05, 0) is 35.7 Å². The van der Waals surface area contributed by atoms with Crippen molar-refractivity contribution >= 4 is 51.1 Å². The van der Waals surface area contributed by atoms with Crippen molar-refractivity contribution in [2.24, 2.45) is 0 Å². The maximum absolute atomic E-state index is 14.7. The highest BCUT2D eigenvalue weighted by molar-refractivity contribution is 6.30. The van der Waals surface area contributed by atoms with Gasteiger partial charge < -0.3 is 9.71 Å². The minimum Gasteiger partial charge on any atom is -0.393 e. The van der Waals surface area contributed by atoms with E-state index in [0.29, 0.717) is 11.1 Å². The first-order valence-electron chi connectivity index (χ1n) is 10.3. The Balaban J connectivity index is 1.52. The lowest BCUT2D eigenvalue weighted by Gasteiger charge is -2.30. The summed E-state index contributed by atoms with van der Waals surface area (Å²) in [4.78, 5) is 50.4. The van der Waals surface area contributed by atoms with Gasteiger partial charge in [0.2, 0.25) is 19.8 Å². The number of halogens is 3. The number of nitrogens with one attached hydrogen (secondary N) is 1. The zero-order chi connectivity index (χ0) is 24.8. The van der Waals surface area contributed by atoms with Gasteiger partial charge in [0.15, 0.2) is 0 Å². The fourth-order valence-corrected chi connectivity index (χ4v) is 4.14. The van der Waals surface area contributed by atoms with Gasteiger partial charge in [0, 0.05) is 35.1 Å². The van der Waals surface area contributed by atoms with Crippen LogP contribution in [-0.2, 0) is 26.9 Å². The highest BCUT2D eigenvalue weighted by atomic mass is 35.5. The Bertz CT molecular complexity index is 1200. The molecule has 0 spiro atoms. The molecule has 4 rings (SSSR count). The molecule has 2 aromatic rings. The smallest absolute Gasteiger partial charge is 0.348 e. The highest BCUT2D eigenvalue weighted by Gasteiger charge is 2.44. The van der Waals surface area contributed by atoms with Crippen molar-refractivity contribution < 1.29 is 28.0 Å². The van der Waals surface area contributed by atoms with E-state index in [2.05, 4.69) is 5.32 Å². The van der Waals surface area contributed by atoms with Crippen molar-refractivity contribution in [3.05, 3.63) is 69.7 Å². The van der Waals surface area contributed by atoms with Crippen LogP contribution in [0.3, 0.4) is 0 Å². The first-order chi connectivity index (χ1) is 16.0. The summed E-state index contributed by atoms with van der Waals surface area (Å²) in [6, 6.07) is 8.01. The molecule has 4 radical (unpaired) electrons. The minimum atomic E-state index is -3.95. The minimum absolute atomic E-state index is 0.0560. The topological polar surface area (TPSA) is 86.8 Å². The molecule has 2 aliphatic heterocycles. The van der Waals surface area contributed by atoms with Crippen molar-refractivity contribution in [1.82, 2.24) is 15.0 Å². The third kappa shape index (κ3) is 4.20. The van der Waals surface area contributed by atoms with Crippen molar-refractivity contribution in [3.63, 3.8) is 0 Å². The molecule has 2 heterocycles.